The summed E-state index contributed by atoms with van der Waals surface area (Å²) in [5, 5.41) is 3.58. The van der Waals surface area contributed by atoms with E-state index in [9.17, 15) is 0 Å². The highest BCUT2D eigenvalue weighted by atomic mass is 79.9. The summed E-state index contributed by atoms with van der Waals surface area (Å²) >= 11 is 3.62. The predicted molar refractivity (Wildman–Crippen MR) is 95.8 cm³/mol. The molecule has 1 saturated heterocycles. The molecule has 0 spiro atoms. The zero-order valence-corrected chi connectivity index (χ0v) is 15.4. The van der Waals surface area contributed by atoms with Crippen LogP contribution < -0.4 is 10.2 Å². The van der Waals surface area contributed by atoms with Gasteiger partial charge in [0.25, 0.3) is 0 Å². The lowest BCUT2D eigenvalue weighted by Gasteiger charge is -2.37. The largest absolute Gasteiger partial charge is 0.371 e. The second kappa shape index (κ2) is 7.64. The van der Waals surface area contributed by atoms with Crippen LogP contribution in [-0.4, -0.2) is 19.6 Å². The lowest BCUT2D eigenvalue weighted by Crippen LogP contribution is -2.39. The van der Waals surface area contributed by atoms with Gasteiger partial charge in [0.15, 0.2) is 0 Å². The Hall–Kier alpha value is -0.540. The lowest BCUT2D eigenvalue weighted by molar-refractivity contribution is 0.356. The fourth-order valence-corrected chi connectivity index (χ4v) is 3.77. The molecule has 1 fully saturated rings. The van der Waals surface area contributed by atoms with E-state index in [-0.39, 0.29) is 0 Å². The Morgan fingerprint density at radius 1 is 1.24 bits per heavy atom. The van der Waals surface area contributed by atoms with Crippen LogP contribution >= 0.6 is 15.9 Å². The van der Waals surface area contributed by atoms with Crippen LogP contribution in [0.4, 0.5) is 5.69 Å². The molecule has 21 heavy (non-hydrogen) atoms. The first-order valence-electron chi connectivity index (χ1n) is 8.19. The number of rotatable bonds is 5. The van der Waals surface area contributed by atoms with Crippen molar-refractivity contribution < 1.29 is 0 Å². The monoisotopic (exact) mass is 352 g/mol. The van der Waals surface area contributed by atoms with E-state index in [2.05, 4.69) is 72.0 Å². The molecule has 118 valence electrons. The molecule has 0 saturated carbocycles. The molecule has 0 amide bonds. The summed E-state index contributed by atoms with van der Waals surface area (Å²) in [6.07, 6.45) is 1.36. The molecule has 1 aromatic rings. The van der Waals surface area contributed by atoms with E-state index < -0.39 is 0 Å². The van der Waals surface area contributed by atoms with Crippen LogP contribution in [0.2, 0.25) is 0 Å². The fraction of sp³-hybridized carbons (Fsp3) is 0.667. The molecular weight excluding hydrogens is 324 g/mol. The van der Waals surface area contributed by atoms with Gasteiger partial charge < -0.3 is 10.2 Å². The van der Waals surface area contributed by atoms with E-state index in [0.29, 0.717) is 5.92 Å². The molecule has 1 aliphatic heterocycles. The van der Waals surface area contributed by atoms with Gasteiger partial charge in [-0.1, -0.05) is 43.6 Å². The van der Waals surface area contributed by atoms with Gasteiger partial charge in [0.05, 0.1) is 0 Å². The minimum atomic E-state index is 0.690. The Balaban J connectivity index is 2.13. The standard InChI is InChI=1S/C18H29BrN2/c1-13(2)9-20-10-16-8-17(19)5-6-18(16)21-11-14(3)7-15(4)12-21/h5-6,8,13-15,20H,7,9-12H2,1-4H3. The van der Waals surface area contributed by atoms with Crippen LogP contribution in [0.3, 0.4) is 0 Å². The minimum Gasteiger partial charge on any atom is -0.371 e. The van der Waals surface area contributed by atoms with Crippen LogP contribution in [0, 0.1) is 17.8 Å². The third kappa shape index (κ3) is 5.00. The van der Waals surface area contributed by atoms with E-state index in [0.717, 1.165) is 24.9 Å². The molecule has 0 bridgehead atoms. The van der Waals surface area contributed by atoms with Gasteiger partial charge >= 0.3 is 0 Å². The molecule has 1 aromatic carbocycles. The third-order valence-electron chi connectivity index (χ3n) is 4.12. The number of anilines is 1. The molecule has 1 heterocycles. The van der Waals surface area contributed by atoms with Gasteiger partial charge in [-0.05, 0) is 54.5 Å². The lowest BCUT2D eigenvalue weighted by atomic mass is 9.91. The molecule has 0 aliphatic carbocycles. The molecule has 0 radical (unpaired) electrons. The first kappa shape index (κ1) is 16.8. The maximum Gasteiger partial charge on any atom is 0.0412 e. The Kier molecular flexibility index (Phi) is 6.12. The zero-order valence-electron chi connectivity index (χ0n) is 13.8. The molecule has 1 aliphatic rings. The Labute approximate surface area is 138 Å². The molecular formula is C18H29BrN2. The number of benzene rings is 1. The van der Waals surface area contributed by atoms with Gasteiger partial charge in [-0.15, -0.1) is 0 Å². The molecule has 2 nitrogen and oxygen atoms in total. The fourth-order valence-electron chi connectivity index (χ4n) is 3.36. The second-order valence-electron chi connectivity index (χ2n) is 7.15. The van der Waals surface area contributed by atoms with Crippen molar-refractivity contribution in [1.82, 2.24) is 5.32 Å². The summed E-state index contributed by atoms with van der Waals surface area (Å²) in [5.41, 5.74) is 2.82. The maximum atomic E-state index is 3.62. The van der Waals surface area contributed by atoms with Crippen molar-refractivity contribution in [3.05, 3.63) is 28.2 Å². The Morgan fingerprint density at radius 3 is 2.52 bits per heavy atom. The maximum absolute atomic E-state index is 3.62. The van der Waals surface area contributed by atoms with Crippen LogP contribution in [-0.2, 0) is 6.54 Å². The zero-order chi connectivity index (χ0) is 15.4. The quantitative estimate of drug-likeness (QED) is 0.827. The summed E-state index contributed by atoms with van der Waals surface area (Å²) in [6.45, 7) is 13.6. The number of hydrogen-bond donors (Lipinski definition) is 1. The summed E-state index contributed by atoms with van der Waals surface area (Å²) < 4.78 is 1.17. The first-order valence-corrected chi connectivity index (χ1v) is 8.99. The van der Waals surface area contributed by atoms with E-state index in [1.165, 1.54) is 35.2 Å². The van der Waals surface area contributed by atoms with Crippen molar-refractivity contribution in [2.24, 2.45) is 17.8 Å². The van der Waals surface area contributed by atoms with Gasteiger partial charge in [0.2, 0.25) is 0 Å². The van der Waals surface area contributed by atoms with Crippen LogP contribution in [0.1, 0.15) is 39.7 Å². The molecule has 2 atom stereocenters. The first-order chi connectivity index (χ1) is 9.95. The highest BCUT2D eigenvalue weighted by Gasteiger charge is 2.23. The summed E-state index contributed by atoms with van der Waals surface area (Å²) in [6, 6.07) is 6.72. The van der Waals surface area contributed by atoms with Crippen LogP contribution in [0.25, 0.3) is 0 Å². The van der Waals surface area contributed by atoms with Gasteiger partial charge in [0.1, 0.15) is 0 Å². The average Bonchev–Trinajstić information content (AvgIpc) is 2.37. The summed E-state index contributed by atoms with van der Waals surface area (Å²) in [5.74, 6) is 2.26. The van der Waals surface area contributed by atoms with Crippen molar-refractivity contribution in [3.8, 4) is 0 Å². The average molecular weight is 353 g/mol. The minimum absolute atomic E-state index is 0.690. The number of hydrogen-bond acceptors (Lipinski definition) is 2. The van der Waals surface area contributed by atoms with Crippen molar-refractivity contribution in [1.29, 1.82) is 0 Å². The van der Waals surface area contributed by atoms with Gasteiger partial charge in [-0.25, -0.2) is 0 Å². The predicted octanol–water partition coefficient (Wildman–Crippen LogP) is 4.68. The number of nitrogens with zero attached hydrogens (tertiary/aromatic N) is 1. The Morgan fingerprint density at radius 2 is 1.90 bits per heavy atom. The van der Waals surface area contributed by atoms with Crippen LogP contribution in [0.15, 0.2) is 22.7 Å². The number of halogens is 1. The van der Waals surface area contributed by atoms with Gasteiger partial charge in [-0.3, -0.25) is 0 Å². The van der Waals surface area contributed by atoms with E-state index >= 15 is 0 Å². The smallest absolute Gasteiger partial charge is 0.0412 e. The topological polar surface area (TPSA) is 15.3 Å². The third-order valence-corrected chi connectivity index (χ3v) is 4.61. The van der Waals surface area contributed by atoms with Gasteiger partial charge in [0, 0.05) is 29.8 Å². The number of piperidine rings is 1. The van der Waals surface area contributed by atoms with E-state index in [1.54, 1.807) is 0 Å². The SMILES string of the molecule is CC(C)CNCc1cc(Br)ccc1N1CC(C)CC(C)C1. The van der Waals surface area contributed by atoms with Crippen molar-refractivity contribution >= 4 is 21.6 Å². The summed E-state index contributed by atoms with van der Waals surface area (Å²) in [4.78, 5) is 2.58. The van der Waals surface area contributed by atoms with Gasteiger partial charge in [-0.2, -0.15) is 0 Å². The van der Waals surface area contributed by atoms with Crippen molar-refractivity contribution in [3.63, 3.8) is 0 Å². The van der Waals surface area contributed by atoms with E-state index in [4.69, 9.17) is 0 Å². The molecule has 3 heteroatoms. The molecule has 2 rings (SSSR count). The highest BCUT2D eigenvalue weighted by molar-refractivity contribution is 9.10. The normalized spacial score (nSPS) is 22.9. The van der Waals surface area contributed by atoms with E-state index in [1.807, 2.05) is 0 Å². The van der Waals surface area contributed by atoms with Crippen LogP contribution in [0.5, 0.6) is 0 Å². The van der Waals surface area contributed by atoms with Crippen molar-refractivity contribution in [2.75, 3.05) is 24.5 Å². The molecule has 2 unspecified atom stereocenters. The molecule has 0 aromatic heterocycles. The number of nitrogens with one attached hydrogen (secondary N) is 1. The summed E-state index contributed by atoms with van der Waals surface area (Å²) in [7, 11) is 0. The van der Waals surface area contributed by atoms with Crippen molar-refractivity contribution in [2.45, 2.75) is 40.7 Å². The second-order valence-corrected chi connectivity index (χ2v) is 8.06. The highest BCUT2D eigenvalue weighted by Crippen LogP contribution is 2.30. The molecule has 1 N–H and O–H groups in total. The Bertz CT molecular complexity index is 449.